The Balaban J connectivity index is 2.39. The van der Waals surface area contributed by atoms with Crippen LogP contribution in [0, 0.1) is 0 Å². The molecule has 0 saturated carbocycles. The molecule has 1 aliphatic rings. The zero-order valence-electron chi connectivity index (χ0n) is 9.95. The number of hydrogen-bond donors (Lipinski definition) is 0. The van der Waals surface area contributed by atoms with Gasteiger partial charge in [-0.05, 0) is 26.0 Å². The first-order chi connectivity index (χ1) is 8.84. The van der Waals surface area contributed by atoms with Crippen molar-refractivity contribution in [2.24, 2.45) is 15.4 Å². The van der Waals surface area contributed by atoms with Gasteiger partial charge < -0.3 is 4.84 Å². The first-order valence-electron chi connectivity index (χ1n) is 5.18. The number of halogens is 3. The number of hydrogen-bond acceptors (Lipinski definition) is 5. The second kappa shape index (κ2) is 5.07. The third-order valence-electron chi connectivity index (χ3n) is 2.70. The van der Waals surface area contributed by atoms with Gasteiger partial charge in [0.15, 0.2) is 0 Å². The molecular formula is C11H8Cl3N3O2. The molecule has 0 N–H and O–H groups in total. The van der Waals surface area contributed by atoms with Gasteiger partial charge in [-0.3, -0.25) is 0 Å². The van der Waals surface area contributed by atoms with Crippen molar-refractivity contribution in [1.29, 1.82) is 0 Å². The molecule has 0 bridgehead atoms. The lowest BCUT2D eigenvalue weighted by atomic mass is 9.99. The number of azo groups is 1. The van der Waals surface area contributed by atoms with Gasteiger partial charge in [0, 0.05) is 5.02 Å². The Morgan fingerprint density at radius 2 is 2.00 bits per heavy atom. The standard InChI is InChI=1S/C11H8Cl3N3O2/c1-5-11(2,10(18)19-16-5)17-15-8-4-6(12)3-7(13)9(8)14/h3-4H,1-2H3. The molecule has 0 radical (unpaired) electrons. The zero-order chi connectivity index (χ0) is 14.2. The number of carbonyl (C=O) groups excluding carboxylic acids is 1. The van der Waals surface area contributed by atoms with Crippen LogP contribution in [0.25, 0.3) is 0 Å². The molecule has 1 heterocycles. The van der Waals surface area contributed by atoms with E-state index in [9.17, 15) is 4.79 Å². The molecule has 1 atom stereocenters. The summed E-state index contributed by atoms with van der Waals surface area (Å²) in [6, 6.07) is 2.98. The van der Waals surface area contributed by atoms with Crippen LogP contribution in [0.3, 0.4) is 0 Å². The number of oxime groups is 1. The number of nitrogens with zero attached hydrogens (tertiary/aromatic N) is 3. The Kier molecular flexibility index (Phi) is 3.80. The molecule has 0 spiro atoms. The van der Waals surface area contributed by atoms with Gasteiger partial charge in [0.2, 0.25) is 5.54 Å². The minimum atomic E-state index is -1.25. The van der Waals surface area contributed by atoms with Crippen molar-refractivity contribution in [3.63, 3.8) is 0 Å². The highest BCUT2D eigenvalue weighted by molar-refractivity contribution is 6.44. The summed E-state index contributed by atoms with van der Waals surface area (Å²) < 4.78 is 0. The van der Waals surface area contributed by atoms with E-state index >= 15 is 0 Å². The molecule has 5 nitrogen and oxygen atoms in total. The van der Waals surface area contributed by atoms with Crippen molar-refractivity contribution in [2.45, 2.75) is 19.4 Å². The van der Waals surface area contributed by atoms with Gasteiger partial charge >= 0.3 is 5.97 Å². The Bertz CT molecular complexity index is 615. The van der Waals surface area contributed by atoms with Crippen LogP contribution in [-0.4, -0.2) is 17.2 Å². The monoisotopic (exact) mass is 319 g/mol. The lowest BCUT2D eigenvalue weighted by Gasteiger charge is -2.11. The van der Waals surface area contributed by atoms with E-state index < -0.39 is 11.5 Å². The van der Waals surface area contributed by atoms with Crippen molar-refractivity contribution < 1.29 is 9.63 Å². The lowest BCUT2D eigenvalue weighted by molar-refractivity contribution is -0.144. The highest BCUT2D eigenvalue weighted by Crippen LogP contribution is 2.36. The van der Waals surface area contributed by atoms with Gasteiger partial charge in [0.25, 0.3) is 0 Å². The molecule has 0 fully saturated rings. The van der Waals surface area contributed by atoms with Crippen LogP contribution < -0.4 is 0 Å². The van der Waals surface area contributed by atoms with E-state index in [1.807, 2.05) is 0 Å². The maximum atomic E-state index is 11.6. The topological polar surface area (TPSA) is 63.4 Å². The largest absolute Gasteiger partial charge is 0.369 e. The summed E-state index contributed by atoms with van der Waals surface area (Å²) in [5, 5.41) is 12.3. The highest BCUT2D eigenvalue weighted by atomic mass is 35.5. The molecule has 1 aromatic rings. The fraction of sp³-hybridized carbons (Fsp3) is 0.273. The van der Waals surface area contributed by atoms with Crippen LogP contribution in [0.4, 0.5) is 5.69 Å². The van der Waals surface area contributed by atoms with Gasteiger partial charge in [-0.1, -0.05) is 40.0 Å². The third-order valence-corrected chi connectivity index (χ3v) is 3.71. The first-order valence-corrected chi connectivity index (χ1v) is 6.32. The number of benzene rings is 1. The summed E-state index contributed by atoms with van der Waals surface area (Å²) in [7, 11) is 0. The third kappa shape index (κ3) is 2.59. The van der Waals surface area contributed by atoms with Crippen LogP contribution in [-0.2, 0) is 9.63 Å². The predicted molar refractivity (Wildman–Crippen MR) is 73.6 cm³/mol. The predicted octanol–water partition coefficient (Wildman–Crippen LogP) is 4.42. The summed E-state index contributed by atoms with van der Waals surface area (Å²) in [5.74, 6) is -0.599. The molecule has 0 aromatic heterocycles. The summed E-state index contributed by atoms with van der Waals surface area (Å²) in [6.07, 6.45) is 0. The quantitative estimate of drug-likeness (QED) is 0.460. The van der Waals surface area contributed by atoms with Gasteiger partial charge in [-0.2, -0.15) is 10.2 Å². The minimum absolute atomic E-state index is 0.208. The van der Waals surface area contributed by atoms with Gasteiger partial charge in [0.05, 0.1) is 15.8 Å². The van der Waals surface area contributed by atoms with Crippen LogP contribution in [0.15, 0.2) is 27.5 Å². The van der Waals surface area contributed by atoms with Crippen molar-refractivity contribution in [2.75, 3.05) is 0 Å². The Hall–Kier alpha value is -1.17. The molecule has 2 rings (SSSR count). The second-order valence-corrected chi connectivity index (χ2v) is 5.27. The highest BCUT2D eigenvalue weighted by Gasteiger charge is 2.44. The smallest absolute Gasteiger partial charge is 0.315 e. The molecule has 0 saturated heterocycles. The molecule has 0 aliphatic carbocycles. The van der Waals surface area contributed by atoms with Gasteiger partial charge in [-0.25, -0.2) is 4.79 Å². The molecule has 1 aromatic carbocycles. The second-order valence-electron chi connectivity index (χ2n) is 4.05. The van der Waals surface area contributed by atoms with Gasteiger partial charge in [0.1, 0.15) is 5.69 Å². The average molecular weight is 321 g/mol. The molecule has 1 aliphatic heterocycles. The van der Waals surface area contributed by atoms with E-state index in [4.69, 9.17) is 34.8 Å². The molecule has 0 amide bonds. The van der Waals surface area contributed by atoms with Crippen LogP contribution in [0.2, 0.25) is 15.1 Å². The SMILES string of the molecule is CC1=NOC(=O)C1(C)N=Nc1cc(Cl)cc(Cl)c1Cl. The van der Waals surface area contributed by atoms with Crippen LogP contribution in [0.1, 0.15) is 13.8 Å². The molecule has 100 valence electrons. The number of rotatable bonds is 2. The van der Waals surface area contributed by atoms with E-state index in [-0.39, 0.29) is 15.7 Å². The van der Waals surface area contributed by atoms with E-state index in [0.717, 1.165) is 0 Å². The first kappa shape index (κ1) is 14.2. The van der Waals surface area contributed by atoms with E-state index in [1.54, 1.807) is 13.8 Å². The molecule has 19 heavy (non-hydrogen) atoms. The Morgan fingerprint density at radius 1 is 1.32 bits per heavy atom. The lowest BCUT2D eigenvalue weighted by Crippen LogP contribution is -2.35. The maximum absolute atomic E-state index is 11.6. The van der Waals surface area contributed by atoms with Crippen LogP contribution >= 0.6 is 34.8 Å². The Labute approximate surface area is 124 Å². The normalized spacial score (nSPS) is 22.8. The average Bonchev–Trinajstić information content (AvgIpc) is 2.60. The van der Waals surface area contributed by atoms with E-state index in [1.165, 1.54) is 12.1 Å². The molecule has 8 heteroatoms. The van der Waals surface area contributed by atoms with E-state index in [0.29, 0.717) is 10.7 Å². The fourth-order valence-electron chi connectivity index (χ4n) is 1.32. The van der Waals surface area contributed by atoms with Crippen molar-refractivity contribution >= 4 is 52.2 Å². The van der Waals surface area contributed by atoms with Crippen molar-refractivity contribution in [3.05, 3.63) is 27.2 Å². The van der Waals surface area contributed by atoms with Gasteiger partial charge in [-0.15, -0.1) is 0 Å². The Morgan fingerprint density at radius 3 is 2.58 bits per heavy atom. The van der Waals surface area contributed by atoms with Crippen LogP contribution in [0.5, 0.6) is 0 Å². The summed E-state index contributed by atoms with van der Waals surface area (Å²) in [4.78, 5) is 16.1. The fourth-order valence-corrected chi connectivity index (χ4v) is 1.95. The van der Waals surface area contributed by atoms with Crippen molar-refractivity contribution in [1.82, 2.24) is 0 Å². The van der Waals surface area contributed by atoms with E-state index in [2.05, 4.69) is 20.2 Å². The number of carbonyl (C=O) groups is 1. The maximum Gasteiger partial charge on any atom is 0.369 e. The van der Waals surface area contributed by atoms with Crippen molar-refractivity contribution in [3.8, 4) is 0 Å². The zero-order valence-corrected chi connectivity index (χ0v) is 12.2. The minimum Gasteiger partial charge on any atom is -0.315 e. The summed E-state index contributed by atoms with van der Waals surface area (Å²) >= 11 is 17.7. The molecule has 1 unspecified atom stereocenters. The summed E-state index contributed by atoms with van der Waals surface area (Å²) in [6.45, 7) is 3.17. The summed E-state index contributed by atoms with van der Waals surface area (Å²) in [5.41, 5.74) is -0.573. The molecular weight excluding hydrogens is 312 g/mol.